The molecular weight excluding hydrogens is 396 g/mol. The van der Waals surface area contributed by atoms with Crippen LogP contribution in [0.4, 0.5) is 14.6 Å². The Labute approximate surface area is 171 Å². The molecule has 0 saturated carbocycles. The van der Waals surface area contributed by atoms with Gasteiger partial charge in [-0.3, -0.25) is 4.98 Å². The molecule has 0 radical (unpaired) electrons. The summed E-state index contributed by atoms with van der Waals surface area (Å²) in [7, 11) is 0. The number of hydrogen-bond donors (Lipinski definition) is 1. The lowest BCUT2D eigenvalue weighted by molar-refractivity contribution is -0.0500. The second-order valence-corrected chi connectivity index (χ2v) is 6.59. The second-order valence-electron chi connectivity index (χ2n) is 6.59. The number of alkyl halides is 2. The first-order valence-corrected chi connectivity index (χ1v) is 9.31. The van der Waals surface area contributed by atoms with E-state index in [2.05, 4.69) is 36.9 Å². The van der Waals surface area contributed by atoms with E-state index in [9.17, 15) is 8.78 Å². The molecule has 1 aliphatic rings. The van der Waals surface area contributed by atoms with Crippen molar-refractivity contribution in [3.63, 3.8) is 0 Å². The van der Waals surface area contributed by atoms with Gasteiger partial charge in [0.2, 0.25) is 0 Å². The molecular formula is C20H19F2N5O3. The minimum atomic E-state index is -2.92. The van der Waals surface area contributed by atoms with Crippen LogP contribution in [0.5, 0.6) is 17.4 Å². The first-order valence-electron chi connectivity index (χ1n) is 9.31. The van der Waals surface area contributed by atoms with Gasteiger partial charge in [-0.25, -0.2) is 15.0 Å². The number of nitrogens with zero attached hydrogens (tertiary/aromatic N) is 4. The molecule has 4 heterocycles. The number of pyridine rings is 2. The summed E-state index contributed by atoms with van der Waals surface area (Å²) < 4.78 is 40.5. The van der Waals surface area contributed by atoms with Crippen molar-refractivity contribution in [3.05, 3.63) is 48.7 Å². The van der Waals surface area contributed by atoms with E-state index in [4.69, 9.17) is 9.47 Å². The maximum atomic E-state index is 12.4. The third kappa shape index (κ3) is 4.53. The van der Waals surface area contributed by atoms with Gasteiger partial charge in [0.25, 0.3) is 5.88 Å². The molecule has 0 amide bonds. The third-order valence-corrected chi connectivity index (χ3v) is 4.49. The minimum Gasteiger partial charge on any atom is -0.484 e. The molecule has 1 atom stereocenters. The van der Waals surface area contributed by atoms with Crippen LogP contribution in [0, 0.1) is 0 Å². The maximum absolute atomic E-state index is 12.4. The van der Waals surface area contributed by atoms with Gasteiger partial charge in [-0.1, -0.05) is 6.92 Å². The van der Waals surface area contributed by atoms with Crippen molar-refractivity contribution in [2.75, 3.05) is 25.1 Å². The summed E-state index contributed by atoms with van der Waals surface area (Å²) in [6.07, 6.45) is 5.84. The summed E-state index contributed by atoms with van der Waals surface area (Å²) in [5.74, 6) is 1.82. The van der Waals surface area contributed by atoms with E-state index >= 15 is 0 Å². The van der Waals surface area contributed by atoms with Gasteiger partial charge in [0.15, 0.2) is 5.75 Å². The Morgan fingerprint density at radius 1 is 1.13 bits per heavy atom. The van der Waals surface area contributed by atoms with E-state index < -0.39 is 6.61 Å². The van der Waals surface area contributed by atoms with Crippen molar-refractivity contribution in [3.8, 4) is 28.6 Å². The van der Waals surface area contributed by atoms with E-state index in [0.717, 1.165) is 5.56 Å². The van der Waals surface area contributed by atoms with Crippen molar-refractivity contribution in [1.82, 2.24) is 19.9 Å². The molecule has 10 heteroatoms. The fourth-order valence-electron chi connectivity index (χ4n) is 3.07. The van der Waals surface area contributed by atoms with E-state index in [1.165, 1.54) is 24.8 Å². The quantitative estimate of drug-likeness (QED) is 0.627. The van der Waals surface area contributed by atoms with Gasteiger partial charge < -0.3 is 19.5 Å². The molecule has 1 unspecified atom stereocenters. The molecule has 0 bridgehead atoms. The van der Waals surface area contributed by atoms with Crippen LogP contribution in [0.1, 0.15) is 18.4 Å². The summed E-state index contributed by atoms with van der Waals surface area (Å²) in [6.45, 7) is 0.683. The standard InChI is InChI=1S/C20H19F2N5O3/c1-12(15-2-3-24-19-18(15)28-4-5-29-19)8-25-17-7-16(26-11-27-17)13-6-14(10-23-9-13)30-20(21)22/h2-3,6-7,9-12,20H,4-5,8H2,1H3,(H,25,26,27). The van der Waals surface area contributed by atoms with Crippen LogP contribution < -0.4 is 19.5 Å². The Hall–Kier alpha value is -3.56. The van der Waals surface area contributed by atoms with Crippen molar-refractivity contribution in [2.45, 2.75) is 19.5 Å². The van der Waals surface area contributed by atoms with Crippen molar-refractivity contribution in [2.24, 2.45) is 0 Å². The third-order valence-electron chi connectivity index (χ3n) is 4.49. The number of halogens is 2. The molecule has 3 aromatic rings. The predicted molar refractivity (Wildman–Crippen MR) is 104 cm³/mol. The van der Waals surface area contributed by atoms with Crippen LogP contribution in [0.15, 0.2) is 43.1 Å². The van der Waals surface area contributed by atoms with Gasteiger partial charge in [0.05, 0.1) is 11.9 Å². The normalized spacial score (nSPS) is 13.7. The topological polar surface area (TPSA) is 91.3 Å². The van der Waals surface area contributed by atoms with Crippen LogP contribution in [0.2, 0.25) is 0 Å². The molecule has 8 nitrogen and oxygen atoms in total. The number of rotatable bonds is 7. The number of nitrogens with one attached hydrogen (secondary N) is 1. The van der Waals surface area contributed by atoms with Crippen LogP contribution >= 0.6 is 0 Å². The van der Waals surface area contributed by atoms with E-state index in [0.29, 0.717) is 48.5 Å². The van der Waals surface area contributed by atoms with E-state index in [-0.39, 0.29) is 11.7 Å². The molecule has 1 N–H and O–H groups in total. The van der Waals surface area contributed by atoms with Gasteiger partial charge in [-0.05, 0) is 12.1 Å². The SMILES string of the molecule is CC(CNc1cc(-c2cncc(OC(F)F)c2)ncn1)c1ccnc2c1OCCO2. The van der Waals surface area contributed by atoms with Gasteiger partial charge in [0, 0.05) is 42.0 Å². The minimum absolute atomic E-state index is 0.0334. The molecule has 3 aromatic heterocycles. The Morgan fingerprint density at radius 2 is 2.00 bits per heavy atom. The molecule has 30 heavy (non-hydrogen) atoms. The van der Waals surface area contributed by atoms with Gasteiger partial charge in [0.1, 0.15) is 31.1 Å². The number of hydrogen-bond acceptors (Lipinski definition) is 8. The maximum Gasteiger partial charge on any atom is 0.387 e. The lowest BCUT2D eigenvalue weighted by Crippen LogP contribution is -2.19. The lowest BCUT2D eigenvalue weighted by atomic mass is 10.0. The van der Waals surface area contributed by atoms with Gasteiger partial charge in [-0.15, -0.1) is 0 Å². The van der Waals surface area contributed by atoms with Crippen LogP contribution in [0.25, 0.3) is 11.3 Å². The average Bonchev–Trinajstić information content (AvgIpc) is 2.77. The highest BCUT2D eigenvalue weighted by Crippen LogP contribution is 2.35. The molecule has 4 rings (SSSR count). The van der Waals surface area contributed by atoms with Crippen molar-refractivity contribution >= 4 is 5.82 Å². The summed E-state index contributed by atoms with van der Waals surface area (Å²) in [4.78, 5) is 16.5. The smallest absolute Gasteiger partial charge is 0.387 e. The number of ether oxygens (including phenoxy) is 3. The lowest BCUT2D eigenvalue weighted by Gasteiger charge is -2.22. The van der Waals surface area contributed by atoms with Crippen molar-refractivity contribution < 1.29 is 23.0 Å². The average molecular weight is 415 g/mol. The van der Waals surface area contributed by atoms with Gasteiger partial charge in [-0.2, -0.15) is 8.78 Å². The van der Waals surface area contributed by atoms with Crippen LogP contribution in [-0.2, 0) is 0 Å². The predicted octanol–water partition coefficient (Wildman–Crippen LogP) is 3.52. The fourth-order valence-corrected chi connectivity index (χ4v) is 3.07. The van der Waals surface area contributed by atoms with E-state index in [1.54, 1.807) is 12.3 Å². The summed E-state index contributed by atoms with van der Waals surface area (Å²) >= 11 is 0. The molecule has 156 valence electrons. The monoisotopic (exact) mass is 415 g/mol. The Kier molecular flexibility index (Phi) is 5.82. The largest absolute Gasteiger partial charge is 0.484 e. The summed E-state index contributed by atoms with van der Waals surface area (Å²) in [6, 6.07) is 5.08. The van der Waals surface area contributed by atoms with Crippen molar-refractivity contribution in [1.29, 1.82) is 0 Å². The number of fused-ring (bicyclic) bond motifs is 1. The zero-order valence-electron chi connectivity index (χ0n) is 16.1. The first kappa shape index (κ1) is 19.7. The molecule has 0 fully saturated rings. The highest BCUT2D eigenvalue weighted by Gasteiger charge is 2.20. The Balaban J connectivity index is 1.47. The van der Waals surface area contributed by atoms with Gasteiger partial charge >= 0.3 is 6.61 Å². The van der Waals surface area contributed by atoms with Crippen LogP contribution in [-0.4, -0.2) is 46.3 Å². The number of aromatic nitrogens is 4. The molecule has 0 aliphatic carbocycles. The Bertz CT molecular complexity index is 1020. The summed E-state index contributed by atoms with van der Waals surface area (Å²) in [5, 5.41) is 3.27. The highest BCUT2D eigenvalue weighted by atomic mass is 19.3. The fraction of sp³-hybridized carbons (Fsp3) is 0.300. The molecule has 1 aliphatic heterocycles. The zero-order valence-corrected chi connectivity index (χ0v) is 16.1. The van der Waals surface area contributed by atoms with E-state index in [1.807, 2.05) is 6.07 Å². The molecule has 0 spiro atoms. The summed E-state index contributed by atoms with van der Waals surface area (Å²) in [5.41, 5.74) is 2.06. The first-order chi connectivity index (χ1) is 14.6. The molecule has 0 aromatic carbocycles. The molecule has 0 saturated heterocycles. The number of anilines is 1. The zero-order chi connectivity index (χ0) is 20.9. The highest BCUT2D eigenvalue weighted by molar-refractivity contribution is 5.62. The second kappa shape index (κ2) is 8.85. The van der Waals surface area contributed by atoms with Crippen LogP contribution in [0.3, 0.4) is 0 Å². The Morgan fingerprint density at radius 3 is 2.87 bits per heavy atom.